The minimum absolute atomic E-state index is 0.126. The first kappa shape index (κ1) is 16.4. The van der Waals surface area contributed by atoms with Crippen LogP contribution in [-0.2, 0) is 0 Å². The normalized spacial score (nSPS) is 10.7. The predicted octanol–water partition coefficient (Wildman–Crippen LogP) is 5.30. The molecule has 0 fully saturated rings. The van der Waals surface area contributed by atoms with Crippen LogP contribution < -0.4 is 5.32 Å². The molecule has 1 N–H and O–H groups in total. The molecule has 1 amide bonds. The maximum absolute atomic E-state index is 12.4. The number of carbonyl (C=O) groups is 1. The second kappa shape index (κ2) is 6.57. The van der Waals surface area contributed by atoms with Crippen LogP contribution in [0.3, 0.4) is 0 Å². The maximum atomic E-state index is 12.4. The van der Waals surface area contributed by atoms with Crippen LogP contribution in [-0.4, -0.2) is 10.9 Å². The summed E-state index contributed by atoms with van der Waals surface area (Å²) in [6, 6.07) is 12.0. The molecule has 0 radical (unpaired) electrons. The number of benzene rings is 2. The molecule has 0 aliphatic heterocycles. The van der Waals surface area contributed by atoms with Crippen molar-refractivity contribution >= 4 is 22.4 Å². The lowest BCUT2D eigenvalue weighted by Crippen LogP contribution is -2.12. The Morgan fingerprint density at radius 3 is 2.25 bits per heavy atom. The summed E-state index contributed by atoms with van der Waals surface area (Å²) in [5, 5.41) is 5.48. The number of thiazole rings is 1. The van der Waals surface area contributed by atoms with E-state index < -0.39 is 0 Å². The molecule has 3 rings (SSSR count). The molecule has 3 aromatic rings. The molecule has 24 heavy (non-hydrogen) atoms. The molecule has 4 heteroatoms. The quantitative estimate of drug-likeness (QED) is 0.705. The Kier molecular flexibility index (Phi) is 4.49. The van der Waals surface area contributed by atoms with Gasteiger partial charge in [-0.15, -0.1) is 11.3 Å². The number of nitrogens with one attached hydrogen (secondary N) is 1. The molecule has 0 bridgehead atoms. The molecule has 0 aliphatic carbocycles. The van der Waals surface area contributed by atoms with Gasteiger partial charge >= 0.3 is 0 Å². The number of amides is 1. The van der Waals surface area contributed by atoms with Gasteiger partial charge < -0.3 is 0 Å². The molecule has 1 aromatic heterocycles. The lowest BCUT2D eigenvalue weighted by molar-refractivity contribution is 0.102. The van der Waals surface area contributed by atoms with E-state index in [1.54, 1.807) is 0 Å². The van der Waals surface area contributed by atoms with Crippen LogP contribution in [0, 0.1) is 27.7 Å². The summed E-state index contributed by atoms with van der Waals surface area (Å²) < 4.78 is 0. The Balaban J connectivity index is 1.79. The van der Waals surface area contributed by atoms with Gasteiger partial charge in [0.1, 0.15) is 0 Å². The smallest absolute Gasteiger partial charge is 0.257 e. The number of aryl methyl sites for hydroxylation is 4. The third-order valence-electron chi connectivity index (χ3n) is 4.30. The minimum atomic E-state index is -0.126. The topological polar surface area (TPSA) is 42.0 Å². The molecule has 122 valence electrons. The molecule has 2 aromatic carbocycles. The fourth-order valence-electron chi connectivity index (χ4n) is 2.42. The van der Waals surface area contributed by atoms with Gasteiger partial charge in [0.05, 0.1) is 5.69 Å². The van der Waals surface area contributed by atoms with Crippen molar-refractivity contribution < 1.29 is 4.79 Å². The second-order valence-electron chi connectivity index (χ2n) is 6.09. The molecule has 3 nitrogen and oxygen atoms in total. The number of hydrogen-bond acceptors (Lipinski definition) is 3. The highest BCUT2D eigenvalue weighted by atomic mass is 32.1. The third-order valence-corrected chi connectivity index (χ3v) is 5.05. The highest BCUT2D eigenvalue weighted by Crippen LogP contribution is 2.26. The average Bonchev–Trinajstić information content (AvgIpc) is 3.01. The largest absolute Gasteiger partial charge is 0.298 e. The van der Waals surface area contributed by atoms with Gasteiger partial charge in [-0.2, -0.15) is 0 Å². The van der Waals surface area contributed by atoms with E-state index in [0.29, 0.717) is 10.7 Å². The Bertz CT molecular complexity index is 912. The molecular formula is C20H20N2OS. The Morgan fingerprint density at radius 1 is 0.917 bits per heavy atom. The Morgan fingerprint density at radius 2 is 1.58 bits per heavy atom. The lowest BCUT2D eigenvalue weighted by atomic mass is 10.1. The second-order valence-corrected chi connectivity index (χ2v) is 6.95. The summed E-state index contributed by atoms with van der Waals surface area (Å²) in [7, 11) is 0. The zero-order valence-corrected chi connectivity index (χ0v) is 15.1. The summed E-state index contributed by atoms with van der Waals surface area (Å²) in [5.41, 5.74) is 7.40. The van der Waals surface area contributed by atoms with Crippen molar-refractivity contribution in [1.29, 1.82) is 0 Å². The summed E-state index contributed by atoms with van der Waals surface area (Å²) in [5.74, 6) is -0.126. The fourth-order valence-corrected chi connectivity index (χ4v) is 3.13. The standard InChI is InChI=1S/C20H20N2OS/c1-12-5-7-16(9-14(12)3)18-11-24-20(21-18)22-19(23)17-8-6-13(2)15(4)10-17/h5-11H,1-4H3,(H,21,22,23). The monoisotopic (exact) mass is 336 g/mol. The SMILES string of the molecule is Cc1ccc(C(=O)Nc2nc(-c3ccc(C)c(C)c3)cs2)cc1C. The zero-order valence-electron chi connectivity index (χ0n) is 14.3. The molecule has 1 heterocycles. The Hall–Kier alpha value is -2.46. The highest BCUT2D eigenvalue weighted by Gasteiger charge is 2.11. The molecule has 0 atom stereocenters. The lowest BCUT2D eigenvalue weighted by Gasteiger charge is -2.05. The van der Waals surface area contributed by atoms with E-state index in [9.17, 15) is 4.79 Å². The summed E-state index contributed by atoms with van der Waals surface area (Å²) in [4.78, 5) is 16.9. The molecule has 0 aliphatic rings. The number of rotatable bonds is 3. The fraction of sp³-hybridized carbons (Fsp3) is 0.200. The summed E-state index contributed by atoms with van der Waals surface area (Å²) in [6.45, 7) is 8.23. The maximum Gasteiger partial charge on any atom is 0.257 e. The summed E-state index contributed by atoms with van der Waals surface area (Å²) >= 11 is 1.44. The first-order valence-electron chi connectivity index (χ1n) is 7.86. The minimum Gasteiger partial charge on any atom is -0.298 e. The van der Waals surface area contributed by atoms with E-state index in [2.05, 4.69) is 42.3 Å². The van der Waals surface area contributed by atoms with E-state index in [4.69, 9.17) is 0 Å². The van der Waals surface area contributed by atoms with Crippen molar-refractivity contribution in [2.75, 3.05) is 5.32 Å². The van der Waals surface area contributed by atoms with E-state index >= 15 is 0 Å². The molecule has 0 saturated heterocycles. The molecular weight excluding hydrogens is 316 g/mol. The van der Waals surface area contributed by atoms with Crippen molar-refractivity contribution in [3.63, 3.8) is 0 Å². The first-order chi connectivity index (χ1) is 11.4. The highest BCUT2D eigenvalue weighted by molar-refractivity contribution is 7.14. The van der Waals surface area contributed by atoms with Crippen molar-refractivity contribution in [3.05, 3.63) is 69.6 Å². The third kappa shape index (κ3) is 3.39. The van der Waals surface area contributed by atoms with Crippen molar-refractivity contribution in [2.45, 2.75) is 27.7 Å². The molecule has 0 unspecified atom stereocenters. The summed E-state index contributed by atoms with van der Waals surface area (Å²) in [6.07, 6.45) is 0. The van der Waals surface area contributed by atoms with Crippen LogP contribution in [0.1, 0.15) is 32.6 Å². The first-order valence-corrected chi connectivity index (χ1v) is 8.74. The van der Waals surface area contributed by atoms with Gasteiger partial charge in [0.2, 0.25) is 0 Å². The van der Waals surface area contributed by atoms with Crippen LogP contribution >= 0.6 is 11.3 Å². The van der Waals surface area contributed by atoms with Gasteiger partial charge in [-0.1, -0.05) is 18.2 Å². The van der Waals surface area contributed by atoms with Crippen LogP contribution in [0.2, 0.25) is 0 Å². The van der Waals surface area contributed by atoms with Crippen LogP contribution in [0.4, 0.5) is 5.13 Å². The number of anilines is 1. The number of aromatic nitrogens is 1. The average molecular weight is 336 g/mol. The van der Waals surface area contributed by atoms with Gasteiger partial charge in [-0.05, 0) is 68.1 Å². The van der Waals surface area contributed by atoms with Crippen LogP contribution in [0.25, 0.3) is 11.3 Å². The Labute approximate surface area is 146 Å². The van der Waals surface area contributed by atoms with Gasteiger partial charge in [0, 0.05) is 16.5 Å². The van der Waals surface area contributed by atoms with Gasteiger partial charge in [0.25, 0.3) is 5.91 Å². The van der Waals surface area contributed by atoms with Crippen molar-refractivity contribution in [1.82, 2.24) is 4.98 Å². The van der Waals surface area contributed by atoms with E-state index in [1.165, 1.54) is 28.0 Å². The van der Waals surface area contributed by atoms with Crippen LogP contribution in [0.5, 0.6) is 0 Å². The number of nitrogens with zero attached hydrogens (tertiary/aromatic N) is 1. The van der Waals surface area contributed by atoms with Gasteiger partial charge in [0.15, 0.2) is 5.13 Å². The zero-order chi connectivity index (χ0) is 17.3. The van der Waals surface area contributed by atoms with E-state index in [0.717, 1.165) is 16.8 Å². The predicted molar refractivity (Wildman–Crippen MR) is 101 cm³/mol. The van der Waals surface area contributed by atoms with Crippen LogP contribution in [0.15, 0.2) is 41.8 Å². The van der Waals surface area contributed by atoms with Crippen molar-refractivity contribution in [2.24, 2.45) is 0 Å². The molecule has 0 spiro atoms. The number of carbonyl (C=O) groups excluding carboxylic acids is 1. The molecule has 0 saturated carbocycles. The number of hydrogen-bond donors (Lipinski definition) is 1. The van der Waals surface area contributed by atoms with Gasteiger partial charge in [-0.25, -0.2) is 4.98 Å². The van der Waals surface area contributed by atoms with Crippen molar-refractivity contribution in [3.8, 4) is 11.3 Å². The van der Waals surface area contributed by atoms with E-state index in [1.807, 2.05) is 37.4 Å². The van der Waals surface area contributed by atoms with Gasteiger partial charge in [-0.3, -0.25) is 10.1 Å². The van der Waals surface area contributed by atoms with E-state index in [-0.39, 0.29) is 5.91 Å².